The summed E-state index contributed by atoms with van der Waals surface area (Å²) in [6.07, 6.45) is 1.46. The second kappa shape index (κ2) is 4.90. The zero-order chi connectivity index (χ0) is 10.6. The molecule has 0 aliphatic rings. The number of rotatable bonds is 3. The molecule has 0 aliphatic heterocycles. The van der Waals surface area contributed by atoms with Crippen LogP contribution in [0.15, 0.2) is 35.2 Å². The molecule has 14 heavy (non-hydrogen) atoms. The average Bonchev–Trinajstić information content (AvgIpc) is 2.14. The highest BCUT2D eigenvalue weighted by atomic mass is 127. The number of alkyl halides is 1. The molecule has 1 aromatic rings. The molecule has 76 valence electrons. The lowest BCUT2D eigenvalue weighted by Crippen LogP contribution is -2.02. The van der Waals surface area contributed by atoms with Gasteiger partial charge in [0.25, 0.3) is 10.1 Å². The molecule has 0 aromatic heterocycles. The molecule has 0 atom stereocenters. The average molecular weight is 324 g/mol. The molecule has 0 unspecified atom stereocenters. The molecular weight excluding hydrogens is 315 g/mol. The van der Waals surface area contributed by atoms with Crippen LogP contribution in [0.1, 0.15) is 5.56 Å². The van der Waals surface area contributed by atoms with Crippen molar-refractivity contribution in [2.45, 2.75) is 0 Å². The van der Waals surface area contributed by atoms with Gasteiger partial charge in [0.2, 0.25) is 0 Å². The van der Waals surface area contributed by atoms with Crippen LogP contribution in [0.3, 0.4) is 0 Å². The van der Waals surface area contributed by atoms with Crippen molar-refractivity contribution in [2.24, 2.45) is 0 Å². The smallest absolute Gasteiger partial charge is 0.282 e. The summed E-state index contributed by atoms with van der Waals surface area (Å²) in [6.45, 7) is 0. The summed E-state index contributed by atoms with van der Waals surface area (Å²) in [4.78, 5) is 0.0179. The van der Waals surface area contributed by atoms with Gasteiger partial charge in [0, 0.05) is 4.43 Å². The lowest BCUT2D eigenvalue weighted by atomic mass is 10.2. The first-order valence-corrected chi connectivity index (χ1v) is 6.79. The van der Waals surface area contributed by atoms with E-state index in [0.717, 1.165) is 5.56 Å². The highest BCUT2D eigenvalue weighted by molar-refractivity contribution is 14.1. The zero-order valence-corrected chi connectivity index (χ0v) is 10.2. The Morgan fingerprint density at radius 1 is 1.36 bits per heavy atom. The Morgan fingerprint density at radius 2 is 1.93 bits per heavy atom. The third kappa shape index (κ3) is 3.39. The molecule has 3 nitrogen and oxygen atoms in total. The van der Waals surface area contributed by atoms with E-state index in [1.54, 1.807) is 24.3 Å². The Bertz CT molecular complexity index is 423. The summed E-state index contributed by atoms with van der Waals surface area (Å²) < 4.78 is 30.8. The number of benzene rings is 1. The largest absolute Gasteiger partial charge is 0.291 e. The lowest BCUT2D eigenvalue weighted by molar-refractivity contribution is 0.491. The van der Waals surface area contributed by atoms with E-state index in [2.05, 4.69) is 0 Å². The molecule has 0 amide bonds. The van der Waals surface area contributed by atoms with Gasteiger partial charge in [0.15, 0.2) is 0 Å². The van der Waals surface area contributed by atoms with Gasteiger partial charge in [-0.3, -0.25) is 4.55 Å². The van der Waals surface area contributed by atoms with Crippen LogP contribution in [0.25, 0.3) is 6.08 Å². The van der Waals surface area contributed by atoms with Gasteiger partial charge in [0.05, 0.1) is 4.91 Å². The van der Waals surface area contributed by atoms with E-state index in [9.17, 15) is 8.42 Å². The Balaban J connectivity index is 3.09. The molecule has 0 radical (unpaired) electrons. The van der Waals surface area contributed by atoms with Crippen LogP contribution in [0.5, 0.6) is 0 Å². The van der Waals surface area contributed by atoms with E-state index in [0.29, 0.717) is 0 Å². The van der Waals surface area contributed by atoms with Gasteiger partial charge in [-0.25, -0.2) is 0 Å². The van der Waals surface area contributed by atoms with Crippen LogP contribution in [-0.2, 0) is 10.1 Å². The predicted octanol–water partition coefficient (Wildman–Crippen LogP) is 2.35. The minimum Gasteiger partial charge on any atom is -0.282 e. The van der Waals surface area contributed by atoms with E-state index in [4.69, 9.17) is 4.55 Å². The molecule has 1 aromatic carbocycles. The monoisotopic (exact) mass is 324 g/mol. The van der Waals surface area contributed by atoms with Gasteiger partial charge in [0.1, 0.15) is 0 Å². The van der Waals surface area contributed by atoms with Gasteiger partial charge in [-0.2, -0.15) is 8.42 Å². The van der Waals surface area contributed by atoms with Crippen molar-refractivity contribution >= 4 is 38.8 Å². The van der Waals surface area contributed by atoms with Gasteiger partial charge in [-0.05, 0) is 11.6 Å². The predicted molar refractivity (Wildman–Crippen MR) is 64.9 cm³/mol. The molecule has 0 fully saturated rings. The second-order valence-electron chi connectivity index (χ2n) is 2.63. The third-order valence-corrected chi connectivity index (χ3v) is 3.85. The SMILES string of the molecule is O=S(=O)(O)C(=Cc1ccccc1)CI. The van der Waals surface area contributed by atoms with Crippen LogP contribution in [0.4, 0.5) is 0 Å². The standard InChI is InChI=1S/C9H9IO3S/c10-7-9(14(11,12)13)6-8-4-2-1-3-5-8/h1-6H,7H2,(H,11,12,13). The Morgan fingerprint density at radius 3 is 2.36 bits per heavy atom. The second-order valence-corrected chi connectivity index (χ2v) is 4.87. The van der Waals surface area contributed by atoms with Crippen LogP contribution >= 0.6 is 22.6 Å². The summed E-state index contributed by atoms with van der Waals surface area (Å²) in [7, 11) is -4.06. The fourth-order valence-corrected chi connectivity index (χ4v) is 2.74. The van der Waals surface area contributed by atoms with Crippen molar-refractivity contribution in [3.8, 4) is 0 Å². The van der Waals surface area contributed by atoms with Gasteiger partial charge in [-0.15, -0.1) is 0 Å². The molecule has 5 heteroatoms. The number of hydrogen-bond donors (Lipinski definition) is 1. The number of allylic oxidation sites excluding steroid dienone is 1. The first-order valence-electron chi connectivity index (χ1n) is 3.83. The summed E-state index contributed by atoms with van der Waals surface area (Å²) in [5.41, 5.74) is 0.761. The fourth-order valence-electron chi connectivity index (χ4n) is 0.917. The summed E-state index contributed by atoms with van der Waals surface area (Å²) >= 11 is 1.89. The van der Waals surface area contributed by atoms with Crippen molar-refractivity contribution in [3.63, 3.8) is 0 Å². The number of halogens is 1. The summed E-state index contributed by atoms with van der Waals surface area (Å²) in [5.74, 6) is 0. The summed E-state index contributed by atoms with van der Waals surface area (Å²) in [5, 5.41) is 0. The first-order chi connectivity index (χ1) is 6.54. The minimum atomic E-state index is -4.06. The molecular formula is C9H9IO3S. The van der Waals surface area contributed by atoms with Gasteiger partial charge < -0.3 is 0 Å². The third-order valence-electron chi connectivity index (χ3n) is 1.59. The molecule has 0 spiro atoms. The molecule has 0 saturated heterocycles. The molecule has 1 rings (SSSR count). The highest BCUT2D eigenvalue weighted by Gasteiger charge is 2.11. The Labute approximate surface area is 96.7 Å². The summed E-state index contributed by atoms with van der Waals surface area (Å²) in [6, 6.07) is 9.00. The maximum absolute atomic E-state index is 10.8. The van der Waals surface area contributed by atoms with E-state index in [-0.39, 0.29) is 9.33 Å². The van der Waals surface area contributed by atoms with E-state index in [1.807, 2.05) is 28.7 Å². The topological polar surface area (TPSA) is 54.4 Å². The molecule has 0 heterocycles. The van der Waals surface area contributed by atoms with Crippen LogP contribution < -0.4 is 0 Å². The quantitative estimate of drug-likeness (QED) is 0.528. The van der Waals surface area contributed by atoms with Crippen molar-refractivity contribution in [3.05, 3.63) is 40.8 Å². The van der Waals surface area contributed by atoms with E-state index in [1.165, 1.54) is 6.08 Å². The van der Waals surface area contributed by atoms with Gasteiger partial charge in [-0.1, -0.05) is 52.9 Å². The maximum Gasteiger partial charge on any atom is 0.291 e. The van der Waals surface area contributed by atoms with Gasteiger partial charge >= 0.3 is 0 Å². The minimum absolute atomic E-state index is 0.0179. The Kier molecular flexibility index (Phi) is 4.09. The van der Waals surface area contributed by atoms with Crippen LogP contribution in [0, 0.1) is 0 Å². The van der Waals surface area contributed by atoms with Crippen molar-refractivity contribution in [1.29, 1.82) is 0 Å². The maximum atomic E-state index is 10.8. The van der Waals surface area contributed by atoms with Crippen molar-refractivity contribution < 1.29 is 13.0 Å². The molecule has 0 bridgehead atoms. The Hall–Kier alpha value is -0.400. The number of hydrogen-bond acceptors (Lipinski definition) is 2. The first kappa shape index (κ1) is 11.7. The van der Waals surface area contributed by atoms with Crippen molar-refractivity contribution in [2.75, 3.05) is 4.43 Å². The molecule has 0 saturated carbocycles. The normalized spacial score (nSPS) is 12.9. The zero-order valence-electron chi connectivity index (χ0n) is 7.22. The van der Waals surface area contributed by atoms with E-state index >= 15 is 0 Å². The van der Waals surface area contributed by atoms with E-state index < -0.39 is 10.1 Å². The lowest BCUT2D eigenvalue weighted by Gasteiger charge is -1.99. The molecule has 0 aliphatic carbocycles. The molecule has 1 N–H and O–H groups in total. The van der Waals surface area contributed by atoms with Crippen molar-refractivity contribution in [1.82, 2.24) is 0 Å². The fraction of sp³-hybridized carbons (Fsp3) is 0.111. The van der Waals surface area contributed by atoms with Crippen LogP contribution in [0.2, 0.25) is 0 Å². The highest BCUT2D eigenvalue weighted by Crippen LogP contribution is 2.13. The van der Waals surface area contributed by atoms with Crippen LogP contribution in [-0.4, -0.2) is 17.4 Å².